The van der Waals surface area contributed by atoms with Crippen molar-refractivity contribution in [3.8, 4) is 0 Å². The van der Waals surface area contributed by atoms with Gasteiger partial charge in [-0.2, -0.15) is 16.2 Å². The van der Waals surface area contributed by atoms with Crippen molar-refractivity contribution in [3.05, 3.63) is 24.1 Å². The number of nitrogens with one attached hydrogen (secondary N) is 1. The van der Waals surface area contributed by atoms with Gasteiger partial charge in [-0.15, -0.1) is 0 Å². The molecule has 0 aliphatic heterocycles. The summed E-state index contributed by atoms with van der Waals surface area (Å²) in [6.07, 6.45) is 0. The average Bonchev–Trinajstić information content (AvgIpc) is 2.11. The maximum atomic E-state index is 12.7. The summed E-state index contributed by atoms with van der Waals surface area (Å²) in [5.74, 6) is 1.15. The Hall–Kier alpha value is -0.770. The zero-order valence-electron chi connectivity index (χ0n) is 9.38. The van der Waals surface area contributed by atoms with Crippen LogP contribution in [0.3, 0.4) is 0 Å². The van der Waals surface area contributed by atoms with E-state index in [2.05, 4.69) is 31.1 Å². The van der Waals surface area contributed by atoms with Crippen molar-refractivity contribution in [2.45, 2.75) is 25.5 Å². The molecule has 0 radical (unpaired) electrons. The monoisotopic (exact) mass is 228 g/mol. The molecule has 15 heavy (non-hydrogen) atoms. The van der Waals surface area contributed by atoms with E-state index in [9.17, 15) is 4.39 Å². The molecule has 0 aliphatic rings. The lowest BCUT2D eigenvalue weighted by Crippen LogP contribution is -2.13. The van der Waals surface area contributed by atoms with Crippen molar-refractivity contribution in [1.82, 2.24) is 4.98 Å². The summed E-state index contributed by atoms with van der Waals surface area (Å²) in [7, 11) is 0. The maximum absolute atomic E-state index is 12.7. The van der Waals surface area contributed by atoms with E-state index < -0.39 is 5.95 Å². The third-order valence-electron chi connectivity index (χ3n) is 1.66. The third kappa shape index (κ3) is 5.62. The van der Waals surface area contributed by atoms with Crippen LogP contribution in [0.5, 0.6) is 0 Å². The SMILES string of the molecule is CC(C)(C)SCCNc1cccc(F)n1. The van der Waals surface area contributed by atoms with Crippen LogP contribution in [-0.2, 0) is 0 Å². The molecule has 0 atom stereocenters. The van der Waals surface area contributed by atoms with Crippen molar-refractivity contribution < 1.29 is 4.39 Å². The predicted molar refractivity (Wildman–Crippen MR) is 64.9 cm³/mol. The lowest BCUT2D eigenvalue weighted by molar-refractivity contribution is 0.585. The Morgan fingerprint density at radius 3 is 2.73 bits per heavy atom. The highest BCUT2D eigenvalue weighted by atomic mass is 32.2. The van der Waals surface area contributed by atoms with Gasteiger partial charge in [-0.3, -0.25) is 0 Å². The number of nitrogens with zero attached hydrogens (tertiary/aromatic N) is 1. The fraction of sp³-hybridized carbons (Fsp3) is 0.545. The quantitative estimate of drug-likeness (QED) is 0.633. The molecule has 0 saturated heterocycles. The zero-order chi connectivity index (χ0) is 11.3. The van der Waals surface area contributed by atoms with Crippen molar-refractivity contribution in [2.24, 2.45) is 0 Å². The van der Waals surface area contributed by atoms with Gasteiger partial charge in [0.1, 0.15) is 5.82 Å². The Kier molecular flexibility index (Phi) is 4.39. The maximum Gasteiger partial charge on any atom is 0.214 e. The van der Waals surface area contributed by atoms with Crippen molar-refractivity contribution >= 4 is 17.6 Å². The standard InChI is InChI=1S/C11H17FN2S/c1-11(2,3)15-8-7-13-10-6-4-5-9(12)14-10/h4-6H,7-8H2,1-3H3,(H,13,14). The molecule has 0 bridgehead atoms. The fourth-order valence-corrected chi connectivity index (χ4v) is 1.86. The van der Waals surface area contributed by atoms with Crippen LogP contribution in [0.2, 0.25) is 0 Å². The third-order valence-corrected chi connectivity index (χ3v) is 2.93. The molecule has 1 aromatic rings. The van der Waals surface area contributed by atoms with Crippen LogP contribution in [0.1, 0.15) is 20.8 Å². The zero-order valence-corrected chi connectivity index (χ0v) is 10.2. The van der Waals surface area contributed by atoms with Crippen LogP contribution in [0.25, 0.3) is 0 Å². The van der Waals surface area contributed by atoms with Crippen LogP contribution < -0.4 is 5.32 Å². The minimum atomic E-state index is -0.441. The van der Waals surface area contributed by atoms with Crippen molar-refractivity contribution in [3.63, 3.8) is 0 Å². The van der Waals surface area contributed by atoms with E-state index >= 15 is 0 Å². The predicted octanol–water partition coefficient (Wildman–Crippen LogP) is 3.16. The molecule has 1 rings (SSSR count). The van der Waals surface area contributed by atoms with Gasteiger partial charge in [0.15, 0.2) is 0 Å². The molecule has 84 valence electrons. The van der Waals surface area contributed by atoms with Gasteiger partial charge in [-0.1, -0.05) is 26.8 Å². The molecule has 4 heteroatoms. The van der Waals surface area contributed by atoms with Crippen LogP contribution in [0, 0.1) is 5.95 Å². The number of halogens is 1. The molecule has 0 aliphatic carbocycles. The molecule has 2 nitrogen and oxygen atoms in total. The summed E-state index contributed by atoms with van der Waals surface area (Å²) in [6.45, 7) is 7.34. The number of rotatable bonds is 4. The first kappa shape index (κ1) is 12.3. The summed E-state index contributed by atoms with van der Waals surface area (Å²) in [4.78, 5) is 3.72. The molecule has 0 unspecified atom stereocenters. The topological polar surface area (TPSA) is 24.9 Å². The van der Waals surface area contributed by atoms with Gasteiger partial charge in [-0.05, 0) is 12.1 Å². The van der Waals surface area contributed by atoms with E-state index in [0.29, 0.717) is 5.82 Å². The van der Waals surface area contributed by atoms with Crippen LogP contribution in [0.15, 0.2) is 18.2 Å². The van der Waals surface area contributed by atoms with Gasteiger partial charge < -0.3 is 5.32 Å². The smallest absolute Gasteiger partial charge is 0.214 e. The molecule has 0 fully saturated rings. The Bertz CT molecular complexity index is 310. The first-order valence-corrected chi connectivity index (χ1v) is 5.96. The molecule has 1 heterocycles. The summed E-state index contributed by atoms with van der Waals surface area (Å²) >= 11 is 1.87. The van der Waals surface area contributed by atoms with Gasteiger partial charge in [0.2, 0.25) is 5.95 Å². The number of hydrogen-bond acceptors (Lipinski definition) is 3. The van der Waals surface area contributed by atoms with Crippen LogP contribution >= 0.6 is 11.8 Å². The number of pyridine rings is 1. The highest BCUT2D eigenvalue weighted by Gasteiger charge is 2.09. The van der Waals surface area contributed by atoms with Crippen LogP contribution in [0.4, 0.5) is 10.2 Å². The first-order valence-electron chi connectivity index (χ1n) is 4.98. The van der Waals surface area contributed by atoms with Gasteiger partial charge in [0.25, 0.3) is 0 Å². The van der Waals surface area contributed by atoms with E-state index in [4.69, 9.17) is 0 Å². The number of thioether (sulfide) groups is 1. The highest BCUT2D eigenvalue weighted by molar-refractivity contribution is 8.00. The number of anilines is 1. The molecule has 0 aromatic carbocycles. The minimum absolute atomic E-state index is 0.275. The summed E-state index contributed by atoms with van der Waals surface area (Å²) in [5.41, 5.74) is 0. The second-order valence-electron chi connectivity index (χ2n) is 4.23. The Labute approximate surface area is 94.7 Å². The van der Waals surface area contributed by atoms with Gasteiger partial charge >= 0.3 is 0 Å². The van der Waals surface area contributed by atoms with Crippen molar-refractivity contribution in [2.75, 3.05) is 17.6 Å². The van der Waals surface area contributed by atoms with E-state index in [-0.39, 0.29) is 4.75 Å². The molecule has 1 aromatic heterocycles. The molecule has 0 amide bonds. The summed E-state index contributed by atoms with van der Waals surface area (Å²) < 4.78 is 13.0. The number of hydrogen-bond donors (Lipinski definition) is 1. The van der Waals surface area contributed by atoms with Gasteiger partial charge in [0.05, 0.1) is 0 Å². The minimum Gasteiger partial charge on any atom is -0.369 e. The molecular formula is C11H17FN2S. The second-order valence-corrected chi connectivity index (χ2v) is 6.15. The summed E-state index contributed by atoms with van der Waals surface area (Å²) in [5, 5.41) is 3.09. The first-order chi connectivity index (χ1) is 6.97. The average molecular weight is 228 g/mol. The van der Waals surface area contributed by atoms with E-state index in [1.54, 1.807) is 12.1 Å². The fourth-order valence-electron chi connectivity index (χ4n) is 1.04. The van der Waals surface area contributed by atoms with E-state index in [0.717, 1.165) is 12.3 Å². The van der Waals surface area contributed by atoms with Crippen molar-refractivity contribution in [1.29, 1.82) is 0 Å². The largest absolute Gasteiger partial charge is 0.369 e. The Morgan fingerprint density at radius 2 is 2.13 bits per heavy atom. The highest BCUT2D eigenvalue weighted by Crippen LogP contribution is 2.22. The molecule has 0 saturated carbocycles. The van der Waals surface area contributed by atoms with E-state index in [1.165, 1.54) is 6.07 Å². The molecule has 0 spiro atoms. The van der Waals surface area contributed by atoms with E-state index in [1.807, 2.05) is 11.8 Å². The van der Waals surface area contributed by atoms with Gasteiger partial charge in [-0.25, -0.2) is 4.98 Å². The van der Waals surface area contributed by atoms with Crippen LogP contribution in [-0.4, -0.2) is 22.0 Å². The second kappa shape index (κ2) is 5.35. The Morgan fingerprint density at radius 1 is 1.40 bits per heavy atom. The number of aromatic nitrogens is 1. The molecule has 1 N–H and O–H groups in total. The molecular weight excluding hydrogens is 211 g/mol. The normalized spacial score (nSPS) is 11.5. The lowest BCUT2D eigenvalue weighted by Gasteiger charge is -2.17. The lowest BCUT2D eigenvalue weighted by atomic mass is 10.3. The Balaban J connectivity index is 2.26. The van der Waals surface area contributed by atoms with Gasteiger partial charge in [0, 0.05) is 17.0 Å². The summed E-state index contributed by atoms with van der Waals surface area (Å²) in [6, 6.07) is 4.77.